The quantitative estimate of drug-likeness (QED) is 0.805. The van der Waals surface area contributed by atoms with Crippen LogP contribution < -0.4 is 0 Å². The topological polar surface area (TPSA) is 39.2 Å². The van der Waals surface area contributed by atoms with Crippen molar-refractivity contribution in [3.05, 3.63) is 53.9 Å². The molecule has 2 rings (SSSR count). The number of rotatable bonds is 3. The van der Waals surface area contributed by atoms with E-state index in [1.807, 2.05) is 0 Å². The molecule has 6 heteroatoms. The van der Waals surface area contributed by atoms with Crippen LogP contribution in [0.15, 0.2) is 42.7 Å². The number of halogens is 3. The first-order valence-electron chi connectivity index (χ1n) is 6.23. The van der Waals surface area contributed by atoms with Crippen LogP contribution >= 0.6 is 0 Å². The molecule has 0 saturated heterocycles. The van der Waals surface area contributed by atoms with Crippen LogP contribution in [0.25, 0.3) is 11.1 Å². The van der Waals surface area contributed by atoms with Crippen molar-refractivity contribution in [2.75, 3.05) is 6.61 Å². The van der Waals surface area contributed by atoms with E-state index in [0.29, 0.717) is 0 Å². The molecule has 0 radical (unpaired) electrons. The van der Waals surface area contributed by atoms with Crippen LogP contribution in [-0.2, 0) is 10.9 Å². The van der Waals surface area contributed by atoms with Crippen molar-refractivity contribution in [2.24, 2.45) is 0 Å². The molecule has 0 unspecified atom stereocenters. The maximum absolute atomic E-state index is 13.2. The number of nitrogens with zero attached hydrogens (tertiary/aromatic N) is 1. The smallest absolute Gasteiger partial charge is 0.417 e. The van der Waals surface area contributed by atoms with Gasteiger partial charge in [-0.25, -0.2) is 4.79 Å². The molecule has 1 aromatic carbocycles. The number of ether oxygens (including phenoxy) is 1. The molecular weight excluding hydrogens is 283 g/mol. The van der Waals surface area contributed by atoms with Crippen LogP contribution in [0.4, 0.5) is 13.2 Å². The molecule has 0 fully saturated rings. The van der Waals surface area contributed by atoms with Crippen LogP contribution in [0.3, 0.4) is 0 Å². The Balaban J connectivity index is 2.70. The van der Waals surface area contributed by atoms with Gasteiger partial charge in [-0.2, -0.15) is 13.2 Å². The van der Waals surface area contributed by atoms with Crippen LogP contribution in [0.1, 0.15) is 22.8 Å². The molecule has 2 aromatic rings. The van der Waals surface area contributed by atoms with Crippen molar-refractivity contribution in [2.45, 2.75) is 13.1 Å². The summed E-state index contributed by atoms with van der Waals surface area (Å²) in [7, 11) is 0. The minimum atomic E-state index is -4.57. The first-order valence-corrected chi connectivity index (χ1v) is 6.23. The van der Waals surface area contributed by atoms with Gasteiger partial charge in [-0.05, 0) is 36.8 Å². The molecule has 0 amide bonds. The standard InChI is InChI=1S/C15H12F3NO2/c1-2-21-14(20)11-4-3-5-12(15(16,17)18)13(11)10-6-8-19-9-7-10/h3-9H,2H2,1H3. The molecule has 1 aromatic heterocycles. The summed E-state index contributed by atoms with van der Waals surface area (Å²) >= 11 is 0. The lowest BCUT2D eigenvalue weighted by Gasteiger charge is -2.16. The van der Waals surface area contributed by atoms with E-state index >= 15 is 0 Å². The third kappa shape index (κ3) is 3.21. The van der Waals surface area contributed by atoms with Crippen molar-refractivity contribution in [1.82, 2.24) is 4.98 Å². The third-order valence-electron chi connectivity index (χ3n) is 2.83. The molecule has 0 bridgehead atoms. The lowest BCUT2D eigenvalue weighted by Crippen LogP contribution is -2.13. The third-order valence-corrected chi connectivity index (χ3v) is 2.83. The van der Waals surface area contributed by atoms with Gasteiger partial charge in [-0.15, -0.1) is 0 Å². The number of hydrogen-bond donors (Lipinski definition) is 0. The van der Waals surface area contributed by atoms with Gasteiger partial charge < -0.3 is 4.74 Å². The Morgan fingerprint density at radius 1 is 1.19 bits per heavy atom. The zero-order valence-corrected chi connectivity index (χ0v) is 11.1. The number of pyridine rings is 1. The highest BCUT2D eigenvalue weighted by atomic mass is 19.4. The molecular formula is C15H12F3NO2. The van der Waals surface area contributed by atoms with Crippen molar-refractivity contribution in [3.63, 3.8) is 0 Å². The molecule has 0 saturated carbocycles. The lowest BCUT2D eigenvalue weighted by atomic mass is 9.94. The second-order valence-corrected chi connectivity index (χ2v) is 4.18. The van der Waals surface area contributed by atoms with E-state index in [-0.39, 0.29) is 23.3 Å². The number of carbonyl (C=O) groups excluding carboxylic acids is 1. The van der Waals surface area contributed by atoms with E-state index in [1.165, 1.54) is 36.7 Å². The zero-order chi connectivity index (χ0) is 15.5. The number of aromatic nitrogens is 1. The minimum absolute atomic E-state index is 0.0882. The molecule has 0 atom stereocenters. The SMILES string of the molecule is CCOC(=O)c1cccc(C(F)(F)F)c1-c1ccncc1. The molecule has 0 spiro atoms. The van der Waals surface area contributed by atoms with E-state index in [2.05, 4.69) is 4.98 Å². The Hall–Kier alpha value is -2.37. The van der Waals surface area contributed by atoms with Gasteiger partial charge in [0.25, 0.3) is 0 Å². The zero-order valence-electron chi connectivity index (χ0n) is 11.1. The average Bonchev–Trinajstić information content (AvgIpc) is 2.46. The van der Waals surface area contributed by atoms with Gasteiger partial charge in [0.2, 0.25) is 0 Å². The number of esters is 1. The predicted molar refractivity (Wildman–Crippen MR) is 70.6 cm³/mol. The van der Waals surface area contributed by atoms with Gasteiger partial charge in [0, 0.05) is 18.0 Å². The van der Waals surface area contributed by atoms with Gasteiger partial charge >= 0.3 is 12.1 Å². The van der Waals surface area contributed by atoms with Crippen LogP contribution in [-0.4, -0.2) is 17.6 Å². The van der Waals surface area contributed by atoms with Crippen LogP contribution in [0, 0.1) is 0 Å². The number of alkyl halides is 3. The molecule has 3 nitrogen and oxygen atoms in total. The molecule has 0 aliphatic heterocycles. The second kappa shape index (κ2) is 5.95. The minimum Gasteiger partial charge on any atom is -0.462 e. The highest BCUT2D eigenvalue weighted by Crippen LogP contribution is 2.39. The largest absolute Gasteiger partial charge is 0.462 e. The fraction of sp³-hybridized carbons (Fsp3) is 0.200. The fourth-order valence-electron chi connectivity index (χ4n) is 2.00. The molecule has 110 valence electrons. The maximum atomic E-state index is 13.2. The molecule has 21 heavy (non-hydrogen) atoms. The number of carbonyl (C=O) groups is 1. The number of benzene rings is 1. The summed E-state index contributed by atoms with van der Waals surface area (Å²) in [4.78, 5) is 15.7. The monoisotopic (exact) mass is 295 g/mol. The first kappa shape index (κ1) is 15.0. The highest BCUT2D eigenvalue weighted by Gasteiger charge is 2.35. The van der Waals surface area contributed by atoms with Crippen LogP contribution in [0.5, 0.6) is 0 Å². The molecule has 0 N–H and O–H groups in total. The summed E-state index contributed by atoms with van der Waals surface area (Å²) in [6.07, 6.45) is -1.82. The van der Waals surface area contributed by atoms with Gasteiger partial charge in [0.05, 0.1) is 17.7 Å². The summed E-state index contributed by atoms with van der Waals surface area (Å²) < 4.78 is 44.4. The number of hydrogen-bond acceptors (Lipinski definition) is 3. The van der Waals surface area contributed by atoms with Gasteiger partial charge in [-0.1, -0.05) is 6.07 Å². The van der Waals surface area contributed by atoms with E-state index in [9.17, 15) is 18.0 Å². The fourth-order valence-corrected chi connectivity index (χ4v) is 2.00. The van der Waals surface area contributed by atoms with Crippen molar-refractivity contribution >= 4 is 5.97 Å². The van der Waals surface area contributed by atoms with Crippen molar-refractivity contribution < 1.29 is 22.7 Å². The maximum Gasteiger partial charge on any atom is 0.417 e. The normalized spacial score (nSPS) is 11.2. The highest BCUT2D eigenvalue weighted by molar-refractivity contribution is 5.98. The summed E-state index contributed by atoms with van der Waals surface area (Å²) in [5, 5.41) is 0. The molecule has 0 aliphatic carbocycles. The molecule has 1 heterocycles. The Kier molecular flexibility index (Phi) is 4.26. The van der Waals surface area contributed by atoms with E-state index in [1.54, 1.807) is 6.92 Å². The van der Waals surface area contributed by atoms with Crippen molar-refractivity contribution in [3.8, 4) is 11.1 Å². The average molecular weight is 295 g/mol. The van der Waals surface area contributed by atoms with E-state index in [4.69, 9.17) is 4.74 Å². The summed E-state index contributed by atoms with van der Waals surface area (Å²) in [6.45, 7) is 1.68. The Morgan fingerprint density at radius 3 is 2.43 bits per heavy atom. The van der Waals surface area contributed by atoms with E-state index < -0.39 is 17.7 Å². The van der Waals surface area contributed by atoms with Gasteiger partial charge in [0.1, 0.15) is 0 Å². The van der Waals surface area contributed by atoms with E-state index in [0.717, 1.165) is 6.07 Å². The summed E-state index contributed by atoms with van der Waals surface area (Å²) in [5.74, 6) is -0.782. The Morgan fingerprint density at radius 2 is 1.86 bits per heavy atom. The van der Waals surface area contributed by atoms with Gasteiger partial charge in [-0.3, -0.25) is 4.98 Å². The summed E-state index contributed by atoms with van der Waals surface area (Å²) in [5.41, 5.74) is -0.913. The predicted octanol–water partition coefficient (Wildman–Crippen LogP) is 3.94. The first-order chi connectivity index (χ1) is 9.95. The van der Waals surface area contributed by atoms with Gasteiger partial charge in [0.15, 0.2) is 0 Å². The Bertz CT molecular complexity index is 639. The summed E-state index contributed by atoms with van der Waals surface area (Å²) in [6, 6.07) is 6.31. The molecule has 0 aliphatic rings. The van der Waals surface area contributed by atoms with Crippen LogP contribution in [0.2, 0.25) is 0 Å². The second-order valence-electron chi connectivity index (χ2n) is 4.18. The lowest BCUT2D eigenvalue weighted by molar-refractivity contribution is -0.137. The Labute approximate surface area is 119 Å². The van der Waals surface area contributed by atoms with Crippen molar-refractivity contribution in [1.29, 1.82) is 0 Å².